The van der Waals surface area contributed by atoms with Gasteiger partial charge in [-0.2, -0.15) is 4.31 Å². The molecule has 0 saturated heterocycles. The predicted octanol–water partition coefficient (Wildman–Crippen LogP) is 2.81. The smallest absolute Gasteiger partial charge is 0.243 e. The topological polar surface area (TPSA) is 66.5 Å². The fourth-order valence-electron chi connectivity index (χ4n) is 3.51. The predicted molar refractivity (Wildman–Crippen MR) is 102 cm³/mol. The summed E-state index contributed by atoms with van der Waals surface area (Å²) in [6, 6.07) is 16.1. The summed E-state index contributed by atoms with van der Waals surface area (Å²) in [5.41, 5.74) is 3.03. The van der Waals surface area contributed by atoms with Crippen LogP contribution in [0.15, 0.2) is 54.6 Å². The Morgan fingerprint density at radius 2 is 1.77 bits per heavy atom. The zero-order chi connectivity index (χ0) is 18.7. The Labute approximate surface area is 155 Å². The van der Waals surface area contributed by atoms with Gasteiger partial charge in [0.05, 0.1) is 12.3 Å². The lowest BCUT2D eigenvalue weighted by atomic mass is 9.87. The third-order valence-corrected chi connectivity index (χ3v) is 6.19. The van der Waals surface area contributed by atoms with Crippen LogP contribution in [0.5, 0.6) is 0 Å². The van der Waals surface area contributed by atoms with Crippen molar-refractivity contribution in [1.29, 1.82) is 0 Å². The first kappa shape index (κ1) is 18.6. The molecule has 0 aromatic heterocycles. The van der Waals surface area contributed by atoms with Crippen molar-refractivity contribution in [2.75, 3.05) is 13.3 Å². The van der Waals surface area contributed by atoms with Crippen LogP contribution in [0.2, 0.25) is 0 Å². The highest BCUT2D eigenvalue weighted by Crippen LogP contribution is 2.31. The number of sulfonamides is 1. The van der Waals surface area contributed by atoms with Gasteiger partial charge in [0.1, 0.15) is 6.04 Å². The molecule has 2 aromatic rings. The summed E-state index contributed by atoms with van der Waals surface area (Å²) >= 11 is 0. The summed E-state index contributed by atoms with van der Waals surface area (Å²) in [5, 5.41) is 3.08. The minimum absolute atomic E-state index is 0.0911. The molecule has 0 heterocycles. The Balaban J connectivity index is 1.90. The summed E-state index contributed by atoms with van der Waals surface area (Å²) in [4.78, 5) is 13.1. The van der Waals surface area contributed by atoms with E-state index in [1.807, 2.05) is 36.4 Å². The van der Waals surface area contributed by atoms with Gasteiger partial charge in [-0.1, -0.05) is 54.6 Å². The third-order valence-electron chi connectivity index (χ3n) is 4.94. The molecule has 0 spiro atoms. The first-order valence-electron chi connectivity index (χ1n) is 8.74. The van der Waals surface area contributed by atoms with E-state index in [2.05, 4.69) is 11.4 Å². The molecular weight excluding hydrogens is 348 g/mol. The molecule has 3 rings (SSSR count). The first-order chi connectivity index (χ1) is 12.4. The maximum absolute atomic E-state index is 13.1. The van der Waals surface area contributed by atoms with E-state index in [1.165, 1.54) is 12.6 Å². The second-order valence-electron chi connectivity index (χ2n) is 6.74. The van der Waals surface area contributed by atoms with Crippen molar-refractivity contribution in [1.82, 2.24) is 9.62 Å². The summed E-state index contributed by atoms with van der Waals surface area (Å²) in [6.07, 6.45) is 3.98. The molecule has 6 heteroatoms. The number of hydrogen-bond acceptors (Lipinski definition) is 3. The number of nitrogens with one attached hydrogen (secondary N) is 1. The van der Waals surface area contributed by atoms with Gasteiger partial charge in [-0.15, -0.1) is 0 Å². The molecule has 5 nitrogen and oxygen atoms in total. The molecule has 0 radical (unpaired) electrons. The van der Waals surface area contributed by atoms with Gasteiger partial charge in [0.25, 0.3) is 0 Å². The maximum Gasteiger partial charge on any atom is 0.243 e. The summed E-state index contributed by atoms with van der Waals surface area (Å²) < 4.78 is 25.3. The highest BCUT2D eigenvalue weighted by atomic mass is 32.2. The van der Waals surface area contributed by atoms with Gasteiger partial charge in [-0.25, -0.2) is 8.42 Å². The lowest BCUT2D eigenvalue weighted by Gasteiger charge is -2.31. The Morgan fingerprint density at radius 3 is 2.46 bits per heavy atom. The molecule has 2 atom stereocenters. The van der Waals surface area contributed by atoms with Crippen molar-refractivity contribution >= 4 is 15.9 Å². The highest BCUT2D eigenvalue weighted by molar-refractivity contribution is 7.88. The van der Waals surface area contributed by atoms with E-state index in [-0.39, 0.29) is 11.9 Å². The number of carbonyl (C=O) groups excluding carboxylic acids is 1. The maximum atomic E-state index is 13.1. The van der Waals surface area contributed by atoms with Gasteiger partial charge in [-0.05, 0) is 36.0 Å². The molecule has 1 aliphatic carbocycles. The molecule has 1 N–H and O–H groups in total. The van der Waals surface area contributed by atoms with E-state index in [0.29, 0.717) is 5.56 Å². The summed E-state index contributed by atoms with van der Waals surface area (Å²) in [5.74, 6) is -0.300. The minimum atomic E-state index is -3.52. The van der Waals surface area contributed by atoms with Crippen LogP contribution in [0.25, 0.3) is 0 Å². The fourth-order valence-corrected chi connectivity index (χ4v) is 4.11. The van der Waals surface area contributed by atoms with E-state index in [0.717, 1.165) is 35.4 Å². The Kier molecular flexibility index (Phi) is 5.44. The molecule has 2 aromatic carbocycles. The second kappa shape index (κ2) is 7.60. The zero-order valence-corrected chi connectivity index (χ0v) is 15.9. The lowest BCUT2D eigenvalue weighted by molar-refractivity contribution is -0.125. The van der Waals surface area contributed by atoms with E-state index in [4.69, 9.17) is 0 Å². The number of aryl methyl sites for hydroxylation is 1. The lowest BCUT2D eigenvalue weighted by Crippen LogP contribution is -2.43. The van der Waals surface area contributed by atoms with Gasteiger partial charge in [-0.3, -0.25) is 4.79 Å². The SMILES string of the molecule is CN([C@@H](C(=O)N[C@H]1CCCc2ccccc21)c1ccccc1)S(C)(=O)=O. The van der Waals surface area contributed by atoms with Gasteiger partial charge >= 0.3 is 0 Å². The molecular formula is C20H24N2O3S. The number of hydrogen-bond donors (Lipinski definition) is 1. The second-order valence-corrected chi connectivity index (χ2v) is 8.79. The van der Waals surface area contributed by atoms with Gasteiger partial charge < -0.3 is 5.32 Å². The van der Waals surface area contributed by atoms with Crippen LogP contribution in [0.3, 0.4) is 0 Å². The van der Waals surface area contributed by atoms with Crippen LogP contribution in [-0.2, 0) is 21.2 Å². The number of rotatable bonds is 5. The van der Waals surface area contributed by atoms with Gasteiger partial charge in [0, 0.05) is 7.05 Å². The number of amides is 1. The van der Waals surface area contributed by atoms with Crippen LogP contribution in [0.1, 0.15) is 41.6 Å². The van der Waals surface area contributed by atoms with Crippen LogP contribution in [0, 0.1) is 0 Å². The number of benzene rings is 2. The van der Waals surface area contributed by atoms with E-state index in [9.17, 15) is 13.2 Å². The molecule has 1 aliphatic rings. The Morgan fingerprint density at radius 1 is 1.12 bits per heavy atom. The molecule has 0 unspecified atom stereocenters. The molecule has 1 amide bonds. The van der Waals surface area contributed by atoms with Crippen LogP contribution in [-0.4, -0.2) is 31.9 Å². The monoisotopic (exact) mass is 372 g/mol. The third kappa shape index (κ3) is 3.97. The van der Waals surface area contributed by atoms with Crippen molar-refractivity contribution in [3.63, 3.8) is 0 Å². The van der Waals surface area contributed by atoms with Gasteiger partial charge in [0.15, 0.2) is 0 Å². The van der Waals surface area contributed by atoms with Crippen LogP contribution in [0.4, 0.5) is 0 Å². The quantitative estimate of drug-likeness (QED) is 0.878. The minimum Gasteiger partial charge on any atom is -0.348 e. The Bertz CT molecular complexity index is 881. The fraction of sp³-hybridized carbons (Fsp3) is 0.350. The number of likely N-dealkylation sites (N-methyl/N-ethyl adjacent to an activating group) is 1. The first-order valence-corrected chi connectivity index (χ1v) is 10.6. The number of nitrogens with zero attached hydrogens (tertiary/aromatic N) is 1. The van der Waals surface area contributed by atoms with Crippen molar-refractivity contribution in [2.24, 2.45) is 0 Å². The average Bonchev–Trinajstić information content (AvgIpc) is 2.62. The standard InChI is InChI=1S/C20H24N2O3S/c1-22(26(2,24)25)19(16-10-4-3-5-11-16)20(23)21-18-14-8-12-15-9-6-7-13-17(15)18/h3-7,9-11,13,18-19H,8,12,14H2,1-2H3,(H,21,23)/t18-,19+/m0/s1. The van der Waals surface area contributed by atoms with E-state index in [1.54, 1.807) is 12.1 Å². The highest BCUT2D eigenvalue weighted by Gasteiger charge is 2.32. The molecule has 0 aliphatic heterocycles. The number of carbonyl (C=O) groups is 1. The molecule has 138 valence electrons. The Hall–Kier alpha value is -2.18. The van der Waals surface area contributed by atoms with Crippen molar-refractivity contribution in [3.8, 4) is 0 Å². The summed E-state index contributed by atoms with van der Waals surface area (Å²) in [7, 11) is -2.08. The molecule has 0 fully saturated rings. The normalized spacial score (nSPS) is 18.2. The molecule has 0 bridgehead atoms. The van der Waals surface area contributed by atoms with Crippen LogP contribution >= 0.6 is 0 Å². The number of fused-ring (bicyclic) bond motifs is 1. The van der Waals surface area contributed by atoms with Crippen molar-refractivity contribution in [3.05, 3.63) is 71.3 Å². The summed E-state index contributed by atoms with van der Waals surface area (Å²) in [6.45, 7) is 0. The van der Waals surface area contributed by atoms with E-state index >= 15 is 0 Å². The average molecular weight is 372 g/mol. The molecule has 0 saturated carbocycles. The zero-order valence-electron chi connectivity index (χ0n) is 15.1. The molecule has 26 heavy (non-hydrogen) atoms. The van der Waals surface area contributed by atoms with Gasteiger partial charge in [0.2, 0.25) is 15.9 Å². The van der Waals surface area contributed by atoms with E-state index < -0.39 is 16.1 Å². The largest absolute Gasteiger partial charge is 0.348 e. The van der Waals surface area contributed by atoms with Crippen molar-refractivity contribution < 1.29 is 13.2 Å². The van der Waals surface area contributed by atoms with Crippen molar-refractivity contribution in [2.45, 2.75) is 31.3 Å². The van der Waals surface area contributed by atoms with Crippen LogP contribution < -0.4 is 5.32 Å².